The van der Waals surface area contributed by atoms with Gasteiger partial charge < -0.3 is 5.32 Å². The van der Waals surface area contributed by atoms with E-state index < -0.39 is 0 Å². The summed E-state index contributed by atoms with van der Waals surface area (Å²) in [5.41, 5.74) is 6.54. The Morgan fingerprint density at radius 2 is 1.35 bits per heavy atom. The summed E-state index contributed by atoms with van der Waals surface area (Å²) in [5, 5.41) is 21.6. The molecule has 1 heterocycles. The number of amidine groups is 2. The Bertz CT molecular complexity index is 1140. The maximum absolute atomic E-state index is 12.1. The van der Waals surface area contributed by atoms with Gasteiger partial charge in [-0.25, -0.2) is 0 Å². The van der Waals surface area contributed by atoms with E-state index >= 15 is 0 Å². The highest BCUT2D eigenvalue weighted by Gasteiger charge is 2.22. The Morgan fingerprint density at radius 3 is 1.92 bits per heavy atom. The molecule has 11 heteroatoms. The lowest BCUT2D eigenvalue weighted by Crippen LogP contribution is -2.32. The van der Waals surface area contributed by atoms with Crippen molar-refractivity contribution < 1.29 is 24.8 Å². The second kappa shape index (κ2) is 14.3. The van der Waals surface area contributed by atoms with Crippen LogP contribution in [0.4, 0.5) is 0 Å². The maximum atomic E-state index is 12.1. The van der Waals surface area contributed by atoms with Crippen molar-refractivity contribution in [3.8, 4) is 0 Å². The second-order valence-electron chi connectivity index (χ2n) is 8.14. The van der Waals surface area contributed by atoms with E-state index in [-0.39, 0.29) is 30.7 Å². The zero-order valence-electron chi connectivity index (χ0n) is 20.3. The van der Waals surface area contributed by atoms with Gasteiger partial charge in [-0.15, -0.1) is 0 Å². The maximum Gasteiger partial charge on any atom is 0.253 e. The fourth-order valence-electron chi connectivity index (χ4n) is 3.55. The van der Waals surface area contributed by atoms with Crippen molar-refractivity contribution in [3.63, 3.8) is 0 Å². The van der Waals surface area contributed by atoms with Crippen LogP contribution in [0.2, 0.25) is 0 Å². The minimum Gasteiger partial charge on any atom is -0.352 e. The number of nitrogens with zero attached hydrogens (tertiary/aromatic N) is 3. The van der Waals surface area contributed by atoms with E-state index in [9.17, 15) is 24.8 Å². The Balaban J connectivity index is 1.40. The minimum absolute atomic E-state index is 0.176. The highest BCUT2D eigenvalue weighted by atomic mass is 16.5. The Labute approximate surface area is 214 Å². The number of benzene rings is 2. The summed E-state index contributed by atoms with van der Waals surface area (Å²) in [5.74, 6) is -0.193. The van der Waals surface area contributed by atoms with Gasteiger partial charge in [-0.1, -0.05) is 54.6 Å². The standard InChI is InChI=1S/C26H30N6O5/c33-22(8-4-17-32-23(34)13-14-24(32)35)29-18-19-9-11-21(12-10-19)26(31-37)28-16-5-15-27-25(30-36)20-6-2-1-3-7-20/h1-3,6-7,9-14,36-37H,4-5,8,15-18H2,(H,27,30)(H,28,31)(H,29,33). The lowest BCUT2D eigenvalue weighted by Gasteiger charge is -2.13. The first kappa shape index (κ1) is 27.2. The lowest BCUT2D eigenvalue weighted by atomic mass is 10.1. The number of hydrogen-bond donors (Lipinski definition) is 5. The van der Waals surface area contributed by atoms with Crippen molar-refractivity contribution in [2.45, 2.75) is 25.8 Å². The molecule has 2 aromatic rings. The van der Waals surface area contributed by atoms with Crippen molar-refractivity contribution in [1.82, 2.24) is 21.2 Å². The second-order valence-corrected chi connectivity index (χ2v) is 8.14. The van der Waals surface area contributed by atoms with E-state index in [0.29, 0.717) is 49.7 Å². The number of amides is 3. The highest BCUT2D eigenvalue weighted by molar-refractivity contribution is 6.12. The summed E-state index contributed by atoms with van der Waals surface area (Å²) in [6.45, 7) is 1.37. The van der Waals surface area contributed by atoms with Gasteiger partial charge in [0.05, 0.1) is 0 Å². The quantitative estimate of drug-likeness (QED) is 0.0961. The SMILES string of the molecule is O=C(CCCN1C(=O)C=CC1=O)NCc1ccc(C(=NCCCN=C(NO)c2ccccc2)NO)cc1. The largest absolute Gasteiger partial charge is 0.352 e. The fraction of sp³-hybridized carbons (Fsp3) is 0.269. The first-order valence-electron chi connectivity index (χ1n) is 11.9. The molecule has 0 atom stereocenters. The molecular weight excluding hydrogens is 476 g/mol. The number of carbonyl (C=O) groups excluding carboxylic acids is 3. The van der Waals surface area contributed by atoms with E-state index in [1.807, 2.05) is 42.5 Å². The van der Waals surface area contributed by atoms with Crippen molar-refractivity contribution in [2.24, 2.45) is 9.98 Å². The van der Waals surface area contributed by atoms with Crippen LogP contribution in [0.25, 0.3) is 0 Å². The summed E-state index contributed by atoms with van der Waals surface area (Å²) in [6.07, 6.45) is 3.64. The average Bonchev–Trinajstić information content (AvgIpc) is 3.25. The number of nitrogens with one attached hydrogen (secondary N) is 3. The molecule has 0 radical (unpaired) electrons. The van der Waals surface area contributed by atoms with Crippen LogP contribution in [0.5, 0.6) is 0 Å². The zero-order chi connectivity index (χ0) is 26.5. The van der Waals surface area contributed by atoms with E-state index in [1.54, 1.807) is 12.1 Å². The molecule has 194 valence electrons. The van der Waals surface area contributed by atoms with Gasteiger partial charge in [0.1, 0.15) is 0 Å². The van der Waals surface area contributed by atoms with Gasteiger partial charge >= 0.3 is 0 Å². The van der Waals surface area contributed by atoms with Crippen LogP contribution < -0.4 is 16.3 Å². The molecule has 0 saturated carbocycles. The monoisotopic (exact) mass is 506 g/mol. The fourth-order valence-corrected chi connectivity index (χ4v) is 3.55. The van der Waals surface area contributed by atoms with Crippen LogP contribution in [-0.4, -0.2) is 64.3 Å². The molecule has 0 bridgehead atoms. The molecule has 0 fully saturated rings. The van der Waals surface area contributed by atoms with Crippen LogP contribution in [0.3, 0.4) is 0 Å². The van der Waals surface area contributed by atoms with Crippen molar-refractivity contribution in [3.05, 3.63) is 83.4 Å². The molecule has 0 spiro atoms. The van der Waals surface area contributed by atoms with Crippen LogP contribution in [0.15, 0.2) is 76.7 Å². The molecular formula is C26H30N6O5. The van der Waals surface area contributed by atoms with Gasteiger partial charge in [-0.3, -0.25) is 50.6 Å². The normalized spacial score (nSPS) is 13.7. The van der Waals surface area contributed by atoms with E-state index in [0.717, 1.165) is 16.0 Å². The number of hydroxylamine groups is 2. The molecule has 1 aliphatic heterocycles. The number of hydrogen-bond acceptors (Lipinski definition) is 7. The summed E-state index contributed by atoms with van der Waals surface area (Å²) in [6, 6.07) is 16.5. The third-order valence-corrected chi connectivity index (χ3v) is 5.52. The summed E-state index contributed by atoms with van der Waals surface area (Å²) in [4.78, 5) is 44.9. The Hall–Kier alpha value is -4.35. The third kappa shape index (κ3) is 8.37. The van der Waals surface area contributed by atoms with Crippen molar-refractivity contribution >= 4 is 29.4 Å². The van der Waals surface area contributed by atoms with Crippen LogP contribution in [0, 0.1) is 0 Å². The van der Waals surface area contributed by atoms with Gasteiger partial charge in [0.2, 0.25) is 5.91 Å². The molecule has 1 aliphatic rings. The van der Waals surface area contributed by atoms with Crippen LogP contribution in [-0.2, 0) is 20.9 Å². The predicted octanol–water partition coefficient (Wildman–Crippen LogP) is 1.55. The number of rotatable bonds is 12. The topological polar surface area (TPSA) is 156 Å². The van der Waals surface area contributed by atoms with E-state index in [1.165, 1.54) is 12.2 Å². The van der Waals surface area contributed by atoms with E-state index in [2.05, 4.69) is 26.3 Å². The van der Waals surface area contributed by atoms with Gasteiger partial charge in [-0.05, 0) is 18.4 Å². The lowest BCUT2D eigenvalue weighted by molar-refractivity contribution is -0.137. The Kier molecular flexibility index (Phi) is 10.5. The van der Waals surface area contributed by atoms with Gasteiger partial charge in [-0.2, -0.15) is 0 Å². The van der Waals surface area contributed by atoms with Gasteiger partial charge in [0.25, 0.3) is 11.8 Å². The van der Waals surface area contributed by atoms with Crippen LogP contribution >= 0.6 is 0 Å². The molecule has 3 rings (SSSR count). The summed E-state index contributed by atoms with van der Waals surface area (Å²) in [7, 11) is 0. The minimum atomic E-state index is -0.351. The first-order chi connectivity index (χ1) is 18.0. The smallest absolute Gasteiger partial charge is 0.253 e. The summed E-state index contributed by atoms with van der Waals surface area (Å²) >= 11 is 0. The molecule has 37 heavy (non-hydrogen) atoms. The molecule has 3 amide bonds. The molecule has 5 N–H and O–H groups in total. The highest BCUT2D eigenvalue weighted by Crippen LogP contribution is 2.08. The summed E-state index contributed by atoms with van der Waals surface area (Å²) < 4.78 is 0. The predicted molar refractivity (Wildman–Crippen MR) is 137 cm³/mol. The van der Waals surface area contributed by atoms with E-state index in [4.69, 9.17) is 0 Å². The molecule has 0 unspecified atom stereocenters. The molecule has 11 nitrogen and oxygen atoms in total. The van der Waals surface area contributed by atoms with Crippen molar-refractivity contribution in [1.29, 1.82) is 0 Å². The molecule has 2 aromatic carbocycles. The Morgan fingerprint density at radius 1 is 0.784 bits per heavy atom. The number of carbonyl (C=O) groups is 3. The van der Waals surface area contributed by atoms with Crippen LogP contribution in [0.1, 0.15) is 36.0 Å². The number of imide groups is 1. The first-order valence-corrected chi connectivity index (χ1v) is 11.9. The van der Waals surface area contributed by atoms with Gasteiger partial charge in [0, 0.05) is 55.9 Å². The molecule has 0 aromatic heterocycles. The molecule has 0 aliphatic carbocycles. The zero-order valence-corrected chi connectivity index (χ0v) is 20.3. The average molecular weight is 507 g/mol. The number of aliphatic imine (C=N–C) groups is 2. The van der Waals surface area contributed by atoms with Gasteiger partial charge in [0.15, 0.2) is 11.7 Å². The van der Waals surface area contributed by atoms with Crippen molar-refractivity contribution in [2.75, 3.05) is 19.6 Å². The third-order valence-electron chi connectivity index (χ3n) is 5.52. The molecule has 0 saturated heterocycles.